The Morgan fingerprint density at radius 1 is 1.33 bits per heavy atom. The Morgan fingerprint density at radius 2 is 1.78 bits per heavy atom. The average Bonchev–Trinajstić information content (AvgIpc) is 1.59. The SMILES string of the molecule is [CH2-]CCOC(C)(C)C.[Rb+]. The van der Waals surface area contributed by atoms with Crippen LogP contribution in [-0.2, 0) is 4.74 Å². The Hall–Kier alpha value is 1.77. The van der Waals surface area contributed by atoms with E-state index in [1.54, 1.807) is 0 Å². The third-order valence-electron chi connectivity index (χ3n) is 0.679. The first kappa shape index (κ1) is 13.4. The maximum absolute atomic E-state index is 5.32. The van der Waals surface area contributed by atoms with Gasteiger partial charge in [-0.2, -0.15) is 6.42 Å². The summed E-state index contributed by atoms with van der Waals surface area (Å²) >= 11 is 0. The minimum Gasteiger partial charge on any atom is -0.379 e. The molecule has 0 radical (unpaired) electrons. The molecule has 1 nitrogen and oxygen atoms in total. The molecule has 0 heterocycles. The van der Waals surface area contributed by atoms with E-state index in [2.05, 4.69) is 6.92 Å². The number of rotatable bonds is 2. The molecule has 0 aliphatic heterocycles. The van der Waals surface area contributed by atoms with E-state index in [1.165, 1.54) is 0 Å². The fourth-order valence-corrected chi connectivity index (χ4v) is 0.378. The van der Waals surface area contributed by atoms with Crippen LogP contribution in [0.3, 0.4) is 0 Å². The van der Waals surface area contributed by atoms with Crippen molar-refractivity contribution in [3.8, 4) is 0 Å². The van der Waals surface area contributed by atoms with Gasteiger partial charge in [0.1, 0.15) is 0 Å². The van der Waals surface area contributed by atoms with Gasteiger partial charge in [0.15, 0.2) is 0 Å². The molecular weight excluding hydrogens is 186 g/mol. The van der Waals surface area contributed by atoms with Crippen molar-refractivity contribution in [2.45, 2.75) is 32.8 Å². The van der Waals surface area contributed by atoms with E-state index >= 15 is 0 Å². The molecule has 0 fully saturated rings. The quantitative estimate of drug-likeness (QED) is 0.522. The predicted molar refractivity (Wildman–Crippen MR) is 35.7 cm³/mol. The van der Waals surface area contributed by atoms with E-state index in [9.17, 15) is 0 Å². The monoisotopic (exact) mass is 200 g/mol. The molecule has 0 aromatic rings. The summed E-state index contributed by atoms with van der Waals surface area (Å²) in [5, 5.41) is 0. The van der Waals surface area contributed by atoms with Gasteiger partial charge in [0, 0.05) is 6.61 Å². The Kier molecular flexibility index (Phi) is 9.61. The zero-order valence-electron chi connectivity index (χ0n) is 7.03. The largest absolute Gasteiger partial charge is 1.00 e. The van der Waals surface area contributed by atoms with Crippen molar-refractivity contribution in [3.63, 3.8) is 0 Å². The van der Waals surface area contributed by atoms with Gasteiger partial charge in [0.2, 0.25) is 0 Å². The van der Waals surface area contributed by atoms with Crippen LogP contribution in [0.5, 0.6) is 0 Å². The molecule has 50 valence electrons. The third-order valence-corrected chi connectivity index (χ3v) is 0.679. The second-order valence-corrected chi connectivity index (χ2v) is 2.81. The molecule has 0 rings (SSSR count). The van der Waals surface area contributed by atoms with E-state index in [4.69, 9.17) is 4.74 Å². The summed E-state index contributed by atoms with van der Waals surface area (Å²) in [6, 6.07) is 0. The second kappa shape index (κ2) is 6.47. The van der Waals surface area contributed by atoms with Gasteiger partial charge in [0.05, 0.1) is 5.60 Å². The number of ether oxygens (including phenoxy) is 1. The molecule has 0 saturated heterocycles. The maximum atomic E-state index is 5.32. The van der Waals surface area contributed by atoms with E-state index in [1.807, 2.05) is 20.8 Å². The van der Waals surface area contributed by atoms with Crippen molar-refractivity contribution in [1.29, 1.82) is 0 Å². The van der Waals surface area contributed by atoms with E-state index < -0.39 is 0 Å². The van der Waals surface area contributed by atoms with Crippen LogP contribution in [-0.4, -0.2) is 12.2 Å². The smallest absolute Gasteiger partial charge is 0.379 e. The molecule has 2 heteroatoms. The van der Waals surface area contributed by atoms with E-state index in [0.29, 0.717) is 0 Å². The first-order valence-corrected chi connectivity index (χ1v) is 2.99. The molecule has 0 bridgehead atoms. The van der Waals surface area contributed by atoms with Gasteiger partial charge >= 0.3 is 58.2 Å². The maximum Gasteiger partial charge on any atom is 1.00 e. The molecule has 0 aliphatic carbocycles. The molecule has 0 aromatic heterocycles. The topological polar surface area (TPSA) is 9.23 Å². The van der Waals surface area contributed by atoms with Crippen molar-refractivity contribution in [2.75, 3.05) is 6.61 Å². The van der Waals surface area contributed by atoms with E-state index in [-0.39, 0.29) is 63.8 Å². The molecule has 0 aliphatic rings. The summed E-state index contributed by atoms with van der Waals surface area (Å²) < 4.78 is 5.32. The summed E-state index contributed by atoms with van der Waals surface area (Å²) in [6.07, 6.45) is 0.858. The third kappa shape index (κ3) is 12.9. The van der Waals surface area contributed by atoms with Crippen LogP contribution in [0, 0.1) is 6.92 Å². The van der Waals surface area contributed by atoms with Crippen LogP contribution in [0.15, 0.2) is 0 Å². The molecule has 0 atom stereocenters. The Labute approximate surface area is 107 Å². The van der Waals surface area contributed by atoms with Crippen LogP contribution >= 0.6 is 0 Å². The molecule has 0 saturated carbocycles. The molecule has 0 unspecified atom stereocenters. The molecule has 0 aromatic carbocycles. The zero-order chi connectivity index (χ0) is 6.62. The number of hydrogen-bond donors (Lipinski definition) is 0. The predicted octanol–water partition coefficient (Wildman–Crippen LogP) is -0.970. The van der Waals surface area contributed by atoms with Gasteiger partial charge in [-0.1, -0.05) is 0 Å². The van der Waals surface area contributed by atoms with Crippen LogP contribution < -0.4 is 58.2 Å². The van der Waals surface area contributed by atoms with Crippen molar-refractivity contribution in [2.24, 2.45) is 0 Å². The van der Waals surface area contributed by atoms with Gasteiger partial charge in [-0.3, -0.25) is 0 Å². The number of hydrogen-bond acceptors (Lipinski definition) is 1. The van der Waals surface area contributed by atoms with Crippen LogP contribution in [0.25, 0.3) is 0 Å². The minimum absolute atomic E-state index is 0. The van der Waals surface area contributed by atoms with Gasteiger partial charge in [-0.25, -0.2) is 0 Å². The Morgan fingerprint density at radius 3 is 1.89 bits per heavy atom. The van der Waals surface area contributed by atoms with Crippen molar-refractivity contribution in [1.82, 2.24) is 0 Å². The van der Waals surface area contributed by atoms with Gasteiger partial charge in [-0.15, -0.1) is 0 Å². The molecule has 0 N–H and O–H groups in total. The Balaban J connectivity index is 0. The van der Waals surface area contributed by atoms with Crippen LogP contribution in [0.2, 0.25) is 0 Å². The fraction of sp³-hybridized carbons (Fsp3) is 0.857. The normalized spacial score (nSPS) is 10.7. The summed E-state index contributed by atoms with van der Waals surface area (Å²) in [4.78, 5) is 0. The first-order chi connectivity index (χ1) is 3.56. The fourth-order valence-electron chi connectivity index (χ4n) is 0.378. The van der Waals surface area contributed by atoms with Crippen molar-refractivity contribution in [3.05, 3.63) is 6.92 Å². The summed E-state index contributed by atoms with van der Waals surface area (Å²) in [5.41, 5.74) is 0.0116. The molecule has 0 spiro atoms. The van der Waals surface area contributed by atoms with Crippen LogP contribution in [0.1, 0.15) is 27.2 Å². The molecule has 0 amide bonds. The van der Waals surface area contributed by atoms with Gasteiger partial charge < -0.3 is 11.7 Å². The van der Waals surface area contributed by atoms with Gasteiger partial charge in [-0.05, 0) is 20.8 Å². The minimum atomic E-state index is 0. The summed E-state index contributed by atoms with van der Waals surface area (Å²) in [6.45, 7) is 10.6. The average molecular weight is 201 g/mol. The van der Waals surface area contributed by atoms with Gasteiger partial charge in [0.25, 0.3) is 0 Å². The van der Waals surface area contributed by atoms with Crippen molar-refractivity contribution >= 4 is 0 Å². The van der Waals surface area contributed by atoms with Crippen LogP contribution in [0.4, 0.5) is 0 Å². The summed E-state index contributed by atoms with van der Waals surface area (Å²) in [5.74, 6) is 0. The zero-order valence-corrected chi connectivity index (χ0v) is 11.9. The van der Waals surface area contributed by atoms with Crippen molar-refractivity contribution < 1.29 is 62.9 Å². The Bertz CT molecular complexity index is 56.4. The first-order valence-electron chi connectivity index (χ1n) is 2.99. The molecule has 9 heavy (non-hydrogen) atoms. The second-order valence-electron chi connectivity index (χ2n) is 2.81. The standard InChI is InChI=1S/C7H15O.Rb/c1-5-6-8-7(2,3)4;/h1,5-6H2,2-4H3;/q-1;+1. The molecular formula is C7H15ORb. The summed E-state index contributed by atoms with van der Waals surface area (Å²) in [7, 11) is 0. The van der Waals surface area contributed by atoms with E-state index in [0.717, 1.165) is 13.0 Å².